The number of rotatable bonds is 6. The Kier molecular flexibility index (Phi) is 5.38. The van der Waals surface area contributed by atoms with E-state index in [-0.39, 0.29) is 11.3 Å². The van der Waals surface area contributed by atoms with Crippen LogP contribution in [0.5, 0.6) is 17.2 Å². The van der Waals surface area contributed by atoms with Crippen LogP contribution in [-0.2, 0) is 11.3 Å². The molecule has 0 spiro atoms. The van der Waals surface area contributed by atoms with Gasteiger partial charge in [-0.3, -0.25) is 4.79 Å². The van der Waals surface area contributed by atoms with Crippen LogP contribution < -0.4 is 14.2 Å². The first-order valence-corrected chi connectivity index (χ1v) is 8.97. The molecule has 0 aromatic heterocycles. The van der Waals surface area contributed by atoms with Gasteiger partial charge in [-0.1, -0.05) is 18.2 Å². The zero-order chi connectivity index (χ0) is 17.8. The molecule has 6 heteroatoms. The summed E-state index contributed by atoms with van der Waals surface area (Å²) in [5.74, 6) is 2.75. The molecular formula is C19H21NO4S. The summed E-state index contributed by atoms with van der Waals surface area (Å²) in [5.41, 5.74) is 2.07. The van der Waals surface area contributed by atoms with E-state index in [0.29, 0.717) is 23.8 Å². The van der Waals surface area contributed by atoms with Gasteiger partial charge < -0.3 is 19.1 Å². The Bertz CT molecular complexity index is 765. The third kappa shape index (κ3) is 3.69. The molecular weight excluding hydrogens is 338 g/mol. The number of ether oxygens (including phenoxy) is 3. The second-order valence-corrected chi connectivity index (χ2v) is 6.72. The minimum atomic E-state index is -0.0179. The van der Waals surface area contributed by atoms with Gasteiger partial charge in [-0.15, -0.1) is 11.8 Å². The van der Waals surface area contributed by atoms with E-state index >= 15 is 0 Å². The number of nitrogens with zero attached hydrogens (tertiary/aromatic N) is 1. The number of thioether (sulfide) groups is 1. The number of carbonyl (C=O) groups excluding carboxylic acids is 1. The third-order valence-electron chi connectivity index (χ3n) is 4.15. The lowest BCUT2D eigenvalue weighted by atomic mass is 10.1. The van der Waals surface area contributed by atoms with Crippen LogP contribution in [-0.4, -0.2) is 37.9 Å². The van der Waals surface area contributed by atoms with Gasteiger partial charge in [-0.25, -0.2) is 0 Å². The molecule has 1 amide bonds. The lowest BCUT2D eigenvalue weighted by Crippen LogP contribution is -2.27. The highest BCUT2D eigenvalue weighted by atomic mass is 32.2. The molecule has 3 rings (SSSR count). The van der Waals surface area contributed by atoms with Crippen molar-refractivity contribution >= 4 is 17.7 Å². The van der Waals surface area contributed by atoms with Gasteiger partial charge >= 0.3 is 0 Å². The largest absolute Gasteiger partial charge is 0.497 e. The highest BCUT2D eigenvalue weighted by Gasteiger charge is 2.33. The van der Waals surface area contributed by atoms with E-state index in [9.17, 15) is 4.79 Å². The Hall–Kier alpha value is -2.34. The van der Waals surface area contributed by atoms with Crippen LogP contribution in [0.15, 0.2) is 42.5 Å². The van der Waals surface area contributed by atoms with Crippen molar-refractivity contribution in [1.82, 2.24) is 4.90 Å². The predicted molar refractivity (Wildman–Crippen MR) is 98.3 cm³/mol. The van der Waals surface area contributed by atoms with E-state index in [1.54, 1.807) is 33.1 Å². The van der Waals surface area contributed by atoms with Gasteiger partial charge in [-0.2, -0.15) is 0 Å². The minimum absolute atomic E-state index is 0.0179. The summed E-state index contributed by atoms with van der Waals surface area (Å²) in [6, 6.07) is 13.6. The number of benzene rings is 2. The topological polar surface area (TPSA) is 48.0 Å². The number of amides is 1. The van der Waals surface area contributed by atoms with E-state index in [1.165, 1.54) is 0 Å². The second kappa shape index (κ2) is 7.70. The van der Waals surface area contributed by atoms with Gasteiger partial charge in [0.15, 0.2) is 11.5 Å². The van der Waals surface area contributed by atoms with E-state index in [0.717, 1.165) is 16.9 Å². The van der Waals surface area contributed by atoms with Crippen LogP contribution in [0.2, 0.25) is 0 Å². The molecule has 0 saturated carbocycles. The summed E-state index contributed by atoms with van der Waals surface area (Å²) in [6.07, 6.45) is 0. The van der Waals surface area contributed by atoms with Crippen LogP contribution in [0.4, 0.5) is 0 Å². The molecule has 2 aromatic rings. The van der Waals surface area contributed by atoms with Gasteiger partial charge in [0, 0.05) is 6.54 Å². The first-order valence-electron chi connectivity index (χ1n) is 7.92. The van der Waals surface area contributed by atoms with Crippen molar-refractivity contribution < 1.29 is 19.0 Å². The summed E-state index contributed by atoms with van der Waals surface area (Å²) in [6.45, 7) is 0.522. The molecule has 25 heavy (non-hydrogen) atoms. The standard InChI is InChI=1S/C19H21NO4S/c1-22-15-6-4-5-14(10-15)19-20(18(21)12-25-19)11-13-7-8-16(23-2)17(9-13)24-3/h4-10,19H,11-12H2,1-3H3. The normalized spacial score (nSPS) is 16.8. The van der Waals surface area contributed by atoms with Gasteiger partial charge in [0.2, 0.25) is 5.91 Å². The fourth-order valence-electron chi connectivity index (χ4n) is 2.87. The summed E-state index contributed by atoms with van der Waals surface area (Å²) < 4.78 is 15.9. The fraction of sp³-hybridized carbons (Fsp3) is 0.316. The Balaban J connectivity index is 1.85. The quantitative estimate of drug-likeness (QED) is 0.790. The van der Waals surface area contributed by atoms with Crippen LogP contribution in [0.25, 0.3) is 0 Å². The van der Waals surface area contributed by atoms with E-state index in [2.05, 4.69) is 0 Å². The summed E-state index contributed by atoms with van der Waals surface area (Å²) in [5, 5.41) is -0.0179. The maximum Gasteiger partial charge on any atom is 0.234 e. The van der Waals surface area contributed by atoms with Crippen LogP contribution in [0.1, 0.15) is 16.5 Å². The van der Waals surface area contributed by atoms with Crippen LogP contribution in [0.3, 0.4) is 0 Å². The molecule has 1 aliphatic rings. The van der Waals surface area contributed by atoms with Crippen molar-refractivity contribution in [3.63, 3.8) is 0 Å². The molecule has 1 saturated heterocycles. The lowest BCUT2D eigenvalue weighted by molar-refractivity contribution is -0.128. The Morgan fingerprint density at radius 3 is 2.56 bits per heavy atom. The van der Waals surface area contributed by atoms with E-state index in [4.69, 9.17) is 14.2 Å². The fourth-order valence-corrected chi connectivity index (χ4v) is 4.05. The van der Waals surface area contributed by atoms with Crippen molar-refractivity contribution in [1.29, 1.82) is 0 Å². The summed E-state index contributed by atoms with van der Waals surface area (Å²) >= 11 is 1.63. The zero-order valence-electron chi connectivity index (χ0n) is 14.5. The van der Waals surface area contributed by atoms with Crippen LogP contribution >= 0.6 is 11.8 Å². The molecule has 0 aliphatic carbocycles. The molecule has 0 radical (unpaired) electrons. The molecule has 0 N–H and O–H groups in total. The number of carbonyl (C=O) groups is 1. The molecule has 1 heterocycles. The third-order valence-corrected chi connectivity index (χ3v) is 5.40. The van der Waals surface area contributed by atoms with Gasteiger partial charge in [-0.05, 0) is 35.4 Å². The molecule has 5 nitrogen and oxygen atoms in total. The monoisotopic (exact) mass is 359 g/mol. The summed E-state index contributed by atoms with van der Waals surface area (Å²) in [7, 11) is 4.86. The van der Waals surface area contributed by atoms with Crippen molar-refractivity contribution in [2.75, 3.05) is 27.1 Å². The van der Waals surface area contributed by atoms with Crippen molar-refractivity contribution in [2.45, 2.75) is 11.9 Å². The van der Waals surface area contributed by atoms with Crippen LogP contribution in [0, 0.1) is 0 Å². The Labute approximate surface area is 151 Å². The number of hydrogen-bond donors (Lipinski definition) is 0. The molecule has 1 fully saturated rings. The summed E-state index contributed by atoms with van der Waals surface area (Å²) in [4.78, 5) is 14.3. The minimum Gasteiger partial charge on any atom is -0.497 e. The zero-order valence-corrected chi connectivity index (χ0v) is 15.3. The molecule has 1 atom stereocenters. The van der Waals surface area contributed by atoms with Gasteiger partial charge in [0.05, 0.1) is 27.1 Å². The second-order valence-electron chi connectivity index (χ2n) is 5.65. The predicted octanol–water partition coefficient (Wildman–Crippen LogP) is 3.49. The van der Waals surface area contributed by atoms with Gasteiger partial charge in [0.1, 0.15) is 11.1 Å². The molecule has 1 unspecified atom stereocenters. The molecule has 0 bridgehead atoms. The first kappa shape index (κ1) is 17.5. The van der Waals surface area contributed by atoms with Gasteiger partial charge in [0.25, 0.3) is 0 Å². The van der Waals surface area contributed by atoms with E-state index in [1.807, 2.05) is 47.4 Å². The molecule has 1 aliphatic heterocycles. The average molecular weight is 359 g/mol. The van der Waals surface area contributed by atoms with E-state index < -0.39 is 0 Å². The highest BCUT2D eigenvalue weighted by Crippen LogP contribution is 2.41. The number of hydrogen-bond acceptors (Lipinski definition) is 5. The van der Waals surface area contributed by atoms with Crippen molar-refractivity contribution in [3.8, 4) is 17.2 Å². The first-order chi connectivity index (χ1) is 12.2. The SMILES string of the molecule is COc1cccc(C2SCC(=O)N2Cc2ccc(OC)c(OC)c2)c1. The number of methoxy groups -OCH3 is 3. The van der Waals surface area contributed by atoms with Crippen molar-refractivity contribution in [2.24, 2.45) is 0 Å². The Morgan fingerprint density at radius 2 is 1.84 bits per heavy atom. The maximum absolute atomic E-state index is 12.4. The highest BCUT2D eigenvalue weighted by molar-refractivity contribution is 8.00. The van der Waals surface area contributed by atoms with Crippen molar-refractivity contribution in [3.05, 3.63) is 53.6 Å². The molecule has 2 aromatic carbocycles. The average Bonchev–Trinajstić information content (AvgIpc) is 3.02. The Morgan fingerprint density at radius 1 is 1.04 bits per heavy atom. The lowest BCUT2D eigenvalue weighted by Gasteiger charge is -2.25. The maximum atomic E-state index is 12.4. The molecule has 132 valence electrons. The smallest absolute Gasteiger partial charge is 0.234 e.